The van der Waals surface area contributed by atoms with Gasteiger partial charge in [0.2, 0.25) is 0 Å². The summed E-state index contributed by atoms with van der Waals surface area (Å²) in [4.78, 5) is 13.5. The molecular weight excluding hydrogens is 218 g/mol. The summed E-state index contributed by atoms with van der Waals surface area (Å²) in [6.45, 7) is 7.06. The molecule has 1 saturated heterocycles. The second kappa shape index (κ2) is 7.50. The van der Waals surface area contributed by atoms with Crippen LogP contribution in [0.5, 0.6) is 0 Å². The van der Waals surface area contributed by atoms with Crippen molar-refractivity contribution in [3.8, 4) is 0 Å². The van der Waals surface area contributed by atoms with Crippen molar-refractivity contribution in [2.24, 2.45) is 17.7 Å². The van der Waals surface area contributed by atoms with E-state index in [1.54, 1.807) is 0 Å². The second-order valence-corrected chi connectivity index (χ2v) is 5.14. The third-order valence-corrected chi connectivity index (χ3v) is 3.11. The van der Waals surface area contributed by atoms with Crippen LogP contribution < -0.4 is 11.3 Å². The number of hydrazine groups is 1. The van der Waals surface area contributed by atoms with Gasteiger partial charge in [-0.15, -0.1) is 0 Å². The van der Waals surface area contributed by atoms with E-state index < -0.39 is 0 Å². The smallest absolute Gasteiger partial charge is 0.409 e. The van der Waals surface area contributed by atoms with Gasteiger partial charge in [0.1, 0.15) is 0 Å². The number of nitrogens with one attached hydrogen (secondary N) is 1. The lowest BCUT2D eigenvalue weighted by atomic mass is 9.94. The molecule has 0 saturated carbocycles. The molecule has 17 heavy (non-hydrogen) atoms. The van der Waals surface area contributed by atoms with Gasteiger partial charge in [0.05, 0.1) is 6.61 Å². The van der Waals surface area contributed by atoms with Gasteiger partial charge in [0.15, 0.2) is 0 Å². The van der Waals surface area contributed by atoms with Crippen molar-refractivity contribution in [1.82, 2.24) is 10.3 Å². The summed E-state index contributed by atoms with van der Waals surface area (Å²) >= 11 is 0. The lowest BCUT2D eigenvalue weighted by Gasteiger charge is -2.31. The van der Waals surface area contributed by atoms with Gasteiger partial charge in [-0.3, -0.25) is 11.3 Å². The van der Waals surface area contributed by atoms with E-state index >= 15 is 0 Å². The molecule has 0 radical (unpaired) electrons. The third kappa shape index (κ3) is 5.37. The van der Waals surface area contributed by atoms with Gasteiger partial charge < -0.3 is 9.64 Å². The predicted molar refractivity (Wildman–Crippen MR) is 67.3 cm³/mol. The van der Waals surface area contributed by atoms with Crippen LogP contribution >= 0.6 is 0 Å². The molecule has 5 nitrogen and oxygen atoms in total. The predicted octanol–water partition coefficient (Wildman–Crippen LogP) is 1.34. The first-order valence-corrected chi connectivity index (χ1v) is 6.48. The van der Waals surface area contributed by atoms with Crippen LogP contribution in [0.4, 0.5) is 4.79 Å². The highest BCUT2D eigenvalue weighted by molar-refractivity contribution is 5.67. The van der Waals surface area contributed by atoms with E-state index in [1.807, 2.05) is 18.7 Å². The third-order valence-electron chi connectivity index (χ3n) is 3.11. The monoisotopic (exact) mass is 243 g/mol. The Balaban J connectivity index is 2.19. The zero-order valence-electron chi connectivity index (χ0n) is 10.9. The summed E-state index contributed by atoms with van der Waals surface area (Å²) in [5, 5.41) is 0. The molecule has 1 amide bonds. The highest BCUT2D eigenvalue weighted by atomic mass is 16.6. The maximum Gasteiger partial charge on any atom is 0.409 e. The number of piperidine rings is 1. The van der Waals surface area contributed by atoms with Crippen molar-refractivity contribution in [1.29, 1.82) is 0 Å². The number of nitrogens with two attached hydrogens (primary N) is 1. The Morgan fingerprint density at radius 3 is 2.65 bits per heavy atom. The van der Waals surface area contributed by atoms with E-state index in [0.717, 1.165) is 38.9 Å². The number of nitrogens with zero attached hydrogens (tertiary/aromatic N) is 1. The van der Waals surface area contributed by atoms with Crippen LogP contribution in [-0.2, 0) is 4.74 Å². The van der Waals surface area contributed by atoms with E-state index in [4.69, 9.17) is 10.6 Å². The summed E-state index contributed by atoms with van der Waals surface area (Å²) in [6.07, 6.45) is 3.04. The SMILES string of the molecule is CC(C)COC(=O)N1CCC(CCNN)CC1. The number of rotatable bonds is 5. The number of likely N-dealkylation sites (tertiary alicyclic amines) is 1. The Labute approximate surface area is 104 Å². The van der Waals surface area contributed by atoms with E-state index in [-0.39, 0.29) is 6.09 Å². The van der Waals surface area contributed by atoms with Crippen LogP contribution in [-0.4, -0.2) is 37.2 Å². The zero-order chi connectivity index (χ0) is 12.7. The van der Waals surface area contributed by atoms with Crippen LogP contribution in [0.2, 0.25) is 0 Å². The number of hydrogen-bond donors (Lipinski definition) is 2. The highest BCUT2D eigenvalue weighted by Gasteiger charge is 2.23. The molecule has 0 spiro atoms. The first-order valence-electron chi connectivity index (χ1n) is 6.48. The molecule has 1 aliphatic heterocycles. The lowest BCUT2D eigenvalue weighted by molar-refractivity contribution is 0.0783. The molecular formula is C12H25N3O2. The number of ether oxygens (including phenoxy) is 1. The molecule has 0 aromatic carbocycles. The Kier molecular flexibility index (Phi) is 6.29. The van der Waals surface area contributed by atoms with Crippen molar-refractivity contribution in [2.45, 2.75) is 33.1 Å². The molecule has 0 aliphatic carbocycles. The quantitative estimate of drug-likeness (QED) is 0.565. The normalized spacial score (nSPS) is 17.5. The fourth-order valence-corrected chi connectivity index (χ4v) is 2.02. The molecule has 3 N–H and O–H groups in total. The molecule has 0 atom stereocenters. The van der Waals surface area contributed by atoms with Gasteiger partial charge >= 0.3 is 6.09 Å². The van der Waals surface area contributed by atoms with E-state index in [1.165, 1.54) is 0 Å². The van der Waals surface area contributed by atoms with Crippen molar-refractivity contribution in [2.75, 3.05) is 26.2 Å². The summed E-state index contributed by atoms with van der Waals surface area (Å²) < 4.78 is 5.21. The zero-order valence-corrected chi connectivity index (χ0v) is 10.9. The Hall–Kier alpha value is -0.810. The van der Waals surface area contributed by atoms with E-state index in [0.29, 0.717) is 18.4 Å². The molecule has 100 valence electrons. The molecule has 1 heterocycles. The minimum Gasteiger partial charge on any atom is -0.449 e. The maximum absolute atomic E-state index is 11.7. The minimum absolute atomic E-state index is 0.158. The second-order valence-electron chi connectivity index (χ2n) is 5.14. The molecule has 5 heteroatoms. The number of carbonyl (C=O) groups is 1. The fourth-order valence-electron chi connectivity index (χ4n) is 2.02. The van der Waals surface area contributed by atoms with Gasteiger partial charge in [-0.25, -0.2) is 4.79 Å². The summed E-state index contributed by atoms with van der Waals surface area (Å²) in [7, 11) is 0. The lowest BCUT2D eigenvalue weighted by Crippen LogP contribution is -2.40. The summed E-state index contributed by atoms with van der Waals surface area (Å²) in [5.74, 6) is 6.33. The van der Waals surface area contributed by atoms with E-state index in [2.05, 4.69) is 5.43 Å². The Morgan fingerprint density at radius 2 is 2.12 bits per heavy atom. The van der Waals surface area contributed by atoms with Crippen molar-refractivity contribution in [3.05, 3.63) is 0 Å². The van der Waals surface area contributed by atoms with Crippen molar-refractivity contribution < 1.29 is 9.53 Å². The number of carbonyl (C=O) groups excluding carboxylic acids is 1. The standard InChI is InChI=1S/C12H25N3O2/c1-10(2)9-17-12(16)15-7-4-11(5-8-15)3-6-14-13/h10-11,14H,3-9,13H2,1-2H3. The average Bonchev–Trinajstić information content (AvgIpc) is 2.34. The van der Waals surface area contributed by atoms with Crippen LogP contribution in [0, 0.1) is 11.8 Å². The Bertz CT molecular complexity index is 226. The van der Waals surface area contributed by atoms with Crippen LogP contribution in [0.25, 0.3) is 0 Å². The molecule has 0 aromatic heterocycles. The number of hydrogen-bond acceptors (Lipinski definition) is 4. The summed E-state index contributed by atoms with van der Waals surface area (Å²) in [6, 6.07) is 0. The Morgan fingerprint density at radius 1 is 1.47 bits per heavy atom. The first-order chi connectivity index (χ1) is 8.13. The van der Waals surface area contributed by atoms with Gasteiger partial charge in [-0.05, 0) is 31.1 Å². The van der Waals surface area contributed by atoms with Crippen LogP contribution in [0.1, 0.15) is 33.1 Å². The van der Waals surface area contributed by atoms with Crippen molar-refractivity contribution >= 4 is 6.09 Å². The van der Waals surface area contributed by atoms with Crippen molar-refractivity contribution in [3.63, 3.8) is 0 Å². The van der Waals surface area contributed by atoms with Crippen LogP contribution in [0.3, 0.4) is 0 Å². The van der Waals surface area contributed by atoms with Gasteiger partial charge in [0.25, 0.3) is 0 Å². The fraction of sp³-hybridized carbons (Fsp3) is 0.917. The first kappa shape index (κ1) is 14.3. The summed E-state index contributed by atoms with van der Waals surface area (Å²) in [5.41, 5.74) is 2.68. The molecule has 0 bridgehead atoms. The molecule has 1 aliphatic rings. The minimum atomic E-state index is -0.158. The van der Waals surface area contributed by atoms with Gasteiger partial charge in [0, 0.05) is 19.6 Å². The largest absolute Gasteiger partial charge is 0.449 e. The molecule has 1 rings (SSSR count). The maximum atomic E-state index is 11.7. The molecule has 1 fully saturated rings. The average molecular weight is 243 g/mol. The topological polar surface area (TPSA) is 67.6 Å². The molecule has 0 aromatic rings. The van der Waals surface area contributed by atoms with Gasteiger partial charge in [-0.2, -0.15) is 0 Å². The van der Waals surface area contributed by atoms with Gasteiger partial charge in [-0.1, -0.05) is 13.8 Å². The highest BCUT2D eigenvalue weighted by Crippen LogP contribution is 2.20. The number of amides is 1. The van der Waals surface area contributed by atoms with Crippen LogP contribution in [0.15, 0.2) is 0 Å². The molecule has 0 unspecified atom stereocenters. The van der Waals surface area contributed by atoms with E-state index in [9.17, 15) is 4.79 Å².